The van der Waals surface area contributed by atoms with Gasteiger partial charge in [0.15, 0.2) is 0 Å². The standard InChI is InChI=1S/C18H21N5O2/c1-11-5-6-15(7-16(11)17-20-12(2)10-25-17)22-18(24)21-13(3)14-8-19-23(4)9-14/h5-10,13H,1-4H3,(H2,21,22,24). The Balaban J connectivity index is 1.71. The third-order valence-electron chi connectivity index (χ3n) is 3.92. The van der Waals surface area contributed by atoms with Crippen molar-refractivity contribution in [3.05, 3.63) is 53.7 Å². The first-order chi connectivity index (χ1) is 11.9. The molecule has 0 bridgehead atoms. The van der Waals surface area contributed by atoms with E-state index in [1.165, 1.54) is 0 Å². The number of carbonyl (C=O) groups is 1. The molecule has 2 N–H and O–H groups in total. The molecule has 25 heavy (non-hydrogen) atoms. The summed E-state index contributed by atoms with van der Waals surface area (Å²) in [5, 5.41) is 9.85. The van der Waals surface area contributed by atoms with Crippen LogP contribution in [0.2, 0.25) is 0 Å². The van der Waals surface area contributed by atoms with E-state index >= 15 is 0 Å². The lowest BCUT2D eigenvalue weighted by molar-refractivity contribution is 0.249. The molecule has 1 atom stereocenters. The zero-order valence-electron chi connectivity index (χ0n) is 14.7. The lowest BCUT2D eigenvalue weighted by Gasteiger charge is -2.14. The van der Waals surface area contributed by atoms with Gasteiger partial charge in [-0.05, 0) is 38.5 Å². The summed E-state index contributed by atoms with van der Waals surface area (Å²) in [7, 11) is 1.84. The minimum atomic E-state index is -0.283. The number of nitrogens with one attached hydrogen (secondary N) is 2. The summed E-state index contributed by atoms with van der Waals surface area (Å²) in [5.41, 5.74) is 4.31. The van der Waals surface area contributed by atoms with Crippen molar-refractivity contribution in [2.75, 3.05) is 5.32 Å². The van der Waals surface area contributed by atoms with E-state index in [4.69, 9.17) is 4.42 Å². The molecule has 0 fully saturated rings. The highest BCUT2D eigenvalue weighted by molar-refractivity contribution is 5.90. The minimum absolute atomic E-state index is 0.145. The number of aromatic nitrogens is 3. The van der Waals surface area contributed by atoms with Crippen LogP contribution >= 0.6 is 0 Å². The Morgan fingerprint density at radius 3 is 2.76 bits per heavy atom. The number of hydrogen-bond donors (Lipinski definition) is 2. The van der Waals surface area contributed by atoms with Crippen molar-refractivity contribution in [3.63, 3.8) is 0 Å². The fourth-order valence-corrected chi connectivity index (χ4v) is 2.52. The quantitative estimate of drug-likeness (QED) is 0.761. The number of benzene rings is 1. The SMILES string of the molecule is Cc1coc(-c2cc(NC(=O)NC(C)c3cnn(C)c3)ccc2C)n1. The molecule has 1 aromatic carbocycles. The Hall–Kier alpha value is -3.09. The first-order valence-electron chi connectivity index (χ1n) is 8.01. The molecule has 0 aliphatic carbocycles. The van der Waals surface area contributed by atoms with Crippen LogP contribution in [0.15, 0.2) is 41.3 Å². The van der Waals surface area contributed by atoms with Crippen molar-refractivity contribution in [3.8, 4) is 11.5 Å². The molecule has 0 radical (unpaired) electrons. The maximum absolute atomic E-state index is 12.3. The van der Waals surface area contributed by atoms with Crippen LogP contribution in [0, 0.1) is 13.8 Å². The number of aryl methyl sites for hydroxylation is 3. The molecule has 2 heterocycles. The van der Waals surface area contributed by atoms with Gasteiger partial charge in [0, 0.05) is 30.1 Å². The topological polar surface area (TPSA) is 85.0 Å². The molecule has 0 aliphatic heterocycles. The van der Waals surface area contributed by atoms with Gasteiger partial charge in [-0.15, -0.1) is 0 Å². The molecule has 3 rings (SSSR count). The number of amides is 2. The summed E-state index contributed by atoms with van der Waals surface area (Å²) in [6.07, 6.45) is 5.22. The Labute approximate surface area is 146 Å². The van der Waals surface area contributed by atoms with Crippen molar-refractivity contribution < 1.29 is 9.21 Å². The Bertz CT molecular complexity index is 897. The maximum atomic E-state index is 12.3. The van der Waals surface area contributed by atoms with Crippen molar-refractivity contribution in [1.82, 2.24) is 20.1 Å². The number of nitrogens with zero attached hydrogens (tertiary/aromatic N) is 3. The number of urea groups is 1. The Morgan fingerprint density at radius 1 is 1.32 bits per heavy atom. The van der Waals surface area contributed by atoms with E-state index in [9.17, 15) is 4.79 Å². The largest absolute Gasteiger partial charge is 0.444 e. The van der Waals surface area contributed by atoms with Crippen LogP contribution in [0.1, 0.15) is 29.8 Å². The van der Waals surface area contributed by atoms with Crippen molar-refractivity contribution in [1.29, 1.82) is 0 Å². The van der Waals surface area contributed by atoms with E-state index in [0.717, 1.165) is 22.4 Å². The van der Waals surface area contributed by atoms with E-state index in [0.29, 0.717) is 11.6 Å². The highest BCUT2D eigenvalue weighted by Gasteiger charge is 2.13. The molecule has 7 heteroatoms. The van der Waals surface area contributed by atoms with Gasteiger partial charge >= 0.3 is 6.03 Å². The first-order valence-corrected chi connectivity index (χ1v) is 8.01. The number of anilines is 1. The average Bonchev–Trinajstić information content (AvgIpc) is 3.17. The second-order valence-electron chi connectivity index (χ2n) is 6.09. The van der Waals surface area contributed by atoms with Crippen LogP contribution in [-0.4, -0.2) is 20.8 Å². The Kier molecular flexibility index (Phi) is 4.56. The molecule has 3 aromatic rings. The smallest absolute Gasteiger partial charge is 0.319 e. The van der Waals surface area contributed by atoms with Crippen LogP contribution in [0.25, 0.3) is 11.5 Å². The lowest BCUT2D eigenvalue weighted by Crippen LogP contribution is -2.31. The predicted octanol–water partition coefficient (Wildman–Crippen LogP) is 3.57. The fourth-order valence-electron chi connectivity index (χ4n) is 2.52. The molecule has 0 aliphatic rings. The summed E-state index contributed by atoms with van der Waals surface area (Å²) >= 11 is 0. The average molecular weight is 339 g/mol. The normalized spacial score (nSPS) is 12.0. The summed E-state index contributed by atoms with van der Waals surface area (Å²) in [6, 6.07) is 5.20. The van der Waals surface area contributed by atoms with Gasteiger partial charge in [0.05, 0.1) is 17.9 Å². The molecule has 1 unspecified atom stereocenters. The van der Waals surface area contributed by atoms with Crippen LogP contribution in [0.5, 0.6) is 0 Å². The third-order valence-corrected chi connectivity index (χ3v) is 3.92. The molecule has 2 aromatic heterocycles. The molecule has 7 nitrogen and oxygen atoms in total. The van der Waals surface area contributed by atoms with E-state index < -0.39 is 0 Å². The van der Waals surface area contributed by atoms with E-state index in [1.54, 1.807) is 17.1 Å². The molecular formula is C18H21N5O2. The van der Waals surface area contributed by atoms with Crippen LogP contribution in [0.4, 0.5) is 10.5 Å². The second-order valence-corrected chi connectivity index (χ2v) is 6.09. The summed E-state index contributed by atoms with van der Waals surface area (Å²) in [6.45, 7) is 5.76. The maximum Gasteiger partial charge on any atom is 0.319 e. The van der Waals surface area contributed by atoms with E-state index in [1.807, 2.05) is 52.2 Å². The summed E-state index contributed by atoms with van der Waals surface area (Å²) in [4.78, 5) is 16.6. The van der Waals surface area contributed by atoms with Gasteiger partial charge in [-0.25, -0.2) is 9.78 Å². The molecular weight excluding hydrogens is 318 g/mol. The lowest BCUT2D eigenvalue weighted by atomic mass is 10.1. The highest BCUT2D eigenvalue weighted by atomic mass is 16.3. The van der Waals surface area contributed by atoms with Crippen LogP contribution < -0.4 is 10.6 Å². The van der Waals surface area contributed by atoms with Gasteiger partial charge in [0.2, 0.25) is 5.89 Å². The highest BCUT2D eigenvalue weighted by Crippen LogP contribution is 2.26. The number of hydrogen-bond acceptors (Lipinski definition) is 4. The first kappa shape index (κ1) is 16.8. The molecule has 2 amide bonds. The summed E-state index contributed by atoms with van der Waals surface area (Å²) in [5.74, 6) is 0.544. The Morgan fingerprint density at radius 2 is 2.12 bits per heavy atom. The van der Waals surface area contributed by atoms with Crippen LogP contribution in [0.3, 0.4) is 0 Å². The van der Waals surface area contributed by atoms with E-state index in [-0.39, 0.29) is 12.1 Å². The van der Waals surface area contributed by atoms with Crippen molar-refractivity contribution >= 4 is 11.7 Å². The molecule has 0 saturated carbocycles. The van der Waals surface area contributed by atoms with Gasteiger partial charge in [0.25, 0.3) is 0 Å². The fraction of sp³-hybridized carbons (Fsp3) is 0.278. The van der Waals surface area contributed by atoms with Crippen molar-refractivity contribution in [2.45, 2.75) is 26.8 Å². The monoisotopic (exact) mass is 339 g/mol. The van der Waals surface area contributed by atoms with Gasteiger partial charge in [0.1, 0.15) is 6.26 Å². The molecule has 130 valence electrons. The number of rotatable bonds is 4. The van der Waals surface area contributed by atoms with Gasteiger partial charge < -0.3 is 15.1 Å². The number of oxazole rings is 1. The predicted molar refractivity (Wildman–Crippen MR) is 95.2 cm³/mol. The second kappa shape index (κ2) is 6.80. The van der Waals surface area contributed by atoms with Gasteiger partial charge in [-0.1, -0.05) is 6.07 Å². The molecule has 0 spiro atoms. The number of carbonyl (C=O) groups excluding carboxylic acids is 1. The van der Waals surface area contributed by atoms with Gasteiger partial charge in [-0.2, -0.15) is 5.10 Å². The van der Waals surface area contributed by atoms with Crippen molar-refractivity contribution in [2.24, 2.45) is 7.05 Å². The minimum Gasteiger partial charge on any atom is -0.444 e. The third kappa shape index (κ3) is 3.88. The zero-order valence-corrected chi connectivity index (χ0v) is 14.7. The zero-order chi connectivity index (χ0) is 18.0. The molecule has 0 saturated heterocycles. The van der Waals surface area contributed by atoms with Gasteiger partial charge in [-0.3, -0.25) is 4.68 Å². The van der Waals surface area contributed by atoms with E-state index in [2.05, 4.69) is 20.7 Å². The van der Waals surface area contributed by atoms with Crippen LogP contribution in [-0.2, 0) is 7.05 Å². The summed E-state index contributed by atoms with van der Waals surface area (Å²) < 4.78 is 7.17.